The SMILES string of the molecule is COc1c(C)c(CC(C)OC(C)=O)c2[nH]c3ccc(CC=C(C)C)cc3c2c1OC(C)=O. The van der Waals surface area contributed by atoms with Crippen molar-refractivity contribution in [1.29, 1.82) is 0 Å². The van der Waals surface area contributed by atoms with Gasteiger partial charge in [0.15, 0.2) is 11.5 Å². The van der Waals surface area contributed by atoms with E-state index in [1.807, 2.05) is 19.9 Å². The lowest BCUT2D eigenvalue weighted by Gasteiger charge is -2.19. The van der Waals surface area contributed by atoms with Crippen LogP contribution in [0.5, 0.6) is 11.5 Å². The van der Waals surface area contributed by atoms with E-state index in [1.54, 1.807) is 7.11 Å². The fourth-order valence-electron chi connectivity index (χ4n) is 4.11. The molecule has 0 saturated heterocycles. The van der Waals surface area contributed by atoms with Crippen molar-refractivity contribution in [2.75, 3.05) is 7.11 Å². The topological polar surface area (TPSA) is 77.6 Å². The first kappa shape index (κ1) is 23.4. The number of ether oxygens (including phenoxy) is 3. The van der Waals surface area contributed by atoms with Crippen molar-refractivity contribution in [3.05, 3.63) is 46.5 Å². The molecule has 3 rings (SSSR count). The summed E-state index contributed by atoms with van der Waals surface area (Å²) in [4.78, 5) is 26.9. The molecule has 6 heteroatoms. The monoisotopic (exact) mass is 437 g/mol. The highest BCUT2D eigenvalue weighted by Crippen LogP contribution is 2.45. The molecule has 0 aliphatic heterocycles. The summed E-state index contributed by atoms with van der Waals surface area (Å²) in [6.45, 7) is 10.7. The number of fused-ring (bicyclic) bond motifs is 3. The van der Waals surface area contributed by atoms with Crippen molar-refractivity contribution in [3.63, 3.8) is 0 Å². The summed E-state index contributed by atoms with van der Waals surface area (Å²) in [6, 6.07) is 6.25. The number of nitrogens with one attached hydrogen (secondary N) is 1. The Morgan fingerprint density at radius 1 is 1.09 bits per heavy atom. The van der Waals surface area contributed by atoms with Crippen LogP contribution in [0.15, 0.2) is 29.8 Å². The minimum absolute atomic E-state index is 0.321. The molecule has 0 spiro atoms. The van der Waals surface area contributed by atoms with Gasteiger partial charge in [0.2, 0.25) is 0 Å². The van der Waals surface area contributed by atoms with E-state index in [-0.39, 0.29) is 12.1 Å². The molecule has 0 radical (unpaired) electrons. The van der Waals surface area contributed by atoms with E-state index in [2.05, 4.69) is 37.0 Å². The Kier molecular flexibility index (Phi) is 6.92. The van der Waals surface area contributed by atoms with E-state index in [4.69, 9.17) is 14.2 Å². The van der Waals surface area contributed by atoms with Crippen LogP contribution in [-0.4, -0.2) is 30.1 Å². The Labute approximate surface area is 188 Å². The molecule has 0 fully saturated rings. The number of methoxy groups -OCH3 is 1. The van der Waals surface area contributed by atoms with Crippen LogP contribution >= 0.6 is 0 Å². The van der Waals surface area contributed by atoms with Gasteiger partial charge in [0.25, 0.3) is 0 Å². The molecule has 0 aliphatic carbocycles. The molecule has 1 unspecified atom stereocenters. The predicted molar refractivity (Wildman–Crippen MR) is 126 cm³/mol. The summed E-state index contributed by atoms with van der Waals surface area (Å²) >= 11 is 0. The summed E-state index contributed by atoms with van der Waals surface area (Å²) in [5.74, 6) is 0.172. The molecule has 0 bridgehead atoms. The number of esters is 2. The minimum Gasteiger partial charge on any atom is -0.493 e. The third-order valence-electron chi connectivity index (χ3n) is 5.45. The quantitative estimate of drug-likeness (QED) is 0.297. The maximum atomic E-state index is 12.0. The molecular formula is C26H31NO5. The molecule has 1 aromatic heterocycles. The van der Waals surface area contributed by atoms with Gasteiger partial charge in [-0.3, -0.25) is 9.59 Å². The van der Waals surface area contributed by atoms with Crippen LogP contribution in [-0.2, 0) is 27.2 Å². The Balaban J connectivity index is 2.33. The van der Waals surface area contributed by atoms with E-state index in [0.717, 1.165) is 44.9 Å². The second-order valence-electron chi connectivity index (χ2n) is 8.42. The highest BCUT2D eigenvalue weighted by atomic mass is 16.6. The van der Waals surface area contributed by atoms with E-state index in [9.17, 15) is 9.59 Å². The summed E-state index contributed by atoms with van der Waals surface area (Å²) in [6.07, 6.45) is 3.17. The zero-order chi connectivity index (χ0) is 23.6. The van der Waals surface area contributed by atoms with Crippen LogP contribution < -0.4 is 9.47 Å². The van der Waals surface area contributed by atoms with Crippen LogP contribution in [0, 0.1) is 6.92 Å². The highest BCUT2D eigenvalue weighted by Gasteiger charge is 2.25. The summed E-state index contributed by atoms with van der Waals surface area (Å²) < 4.78 is 16.8. The molecule has 170 valence electrons. The Morgan fingerprint density at radius 2 is 1.81 bits per heavy atom. The van der Waals surface area contributed by atoms with Gasteiger partial charge in [0.05, 0.1) is 18.0 Å². The van der Waals surface area contributed by atoms with Crippen LogP contribution in [0.25, 0.3) is 21.8 Å². The van der Waals surface area contributed by atoms with E-state index in [0.29, 0.717) is 17.9 Å². The lowest BCUT2D eigenvalue weighted by Crippen LogP contribution is -2.16. The molecule has 1 N–H and O–H groups in total. The molecule has 0 saturated carbocycles. The van der Waals surface area contributed by atoms with Crippen LogP contribution in [0.1, 0.15) is 51.3 Å². The minimum atomic E-state index is -0.417. The number of aromatic amines is 1. The van der Waals surface area contributed by atoms with Crippen molar-refractivity contribution in [2.45, 2.75) is 60.5 Å². The van der Waals surface area contributed by atoms with Crippen molar-refractivity contribution in [1.82, 2.24) is 4.98 Å². The Bertz CT molecular complexity index is 1210. The van der Waals surface area contributed by atoms with Gasteiger partial charge in [-0.1, -0.05) is 17.7 Å². The number of hydrogen-bond acceptors (Lipinski definition) is 5. The molecule has 0 aliphatic rings. The highest BCUT2D eigenvalue weighted by molar-refractivity contribution is 6.13. The van der Waals surface area contributed by atoms with Crippen molar-refractivity contribution in [2.24, 2.45) is 0 Å². The number of hydrogen-bond donors (Lipinski definition) is 1. The average molecular weight is 438 g/mol. The predicted octanol–water partition coefficient (Wildman–Crippen LogP) is 5.57. The number of benzene rings is 2. The van der Waals surface area contributed by atoms with Gasteiger partial charge in [-0.2, -0.15) is 0 Å². The van der Waals surface area contributed by atoms with Gasteiger partial charge >= 0.3 is 11.9 Å². The first-order valence-corrected chi connectivity index (χ1v) is 10.7. The summed E-state index contributed by atoms with van der Waals surface area (Å²) in [5.41, 5.74) is 6.00. The van der Waals surface area contributed by atoms with Gasteiger partial charge in [-0.15, -0.1) is 0 Å². The third-order valence-corrected chi connectivity index (χ3v) is 5.45. The van der Waals surface area contributed by atoms with Gasteiger partial charge < -0.3 is 19.2 Å². The van der Waals surface area contributed by atoms with E-state index >= 15 is 0 Å². The summed E-state index contributed by atoms with van der Waals surface area (Å²) in [5, 5.41) is 1.75. The lowest BCUT2D eigenvalue weighted by atomic mass is 9.96. The molecule has 0 amide bonds. The lowest BCUT2D eigenvalue weighted by molar-refractivity contribution is -0.145. The maximum absolute atomic E-state index is 12.0. The number of aromatic nitrogens is 1. The van der Waals surface area contributed by atoms with Gasteiger partial charge in [0, 0.05) is 36.7 Å². The molecule has 1 atom stereocenters. The fraction of sp³-hybridized carbons (Fsp3) is 0.385. The third kappa shape index (κ3) is 4.79. The van der Waals surface area contributed by atoms with Crippen molar-refractivity contribution >= 4 is 33.7 Å². The molecule has 6 nitrogen and oxygen atoms in total. The molecular weight excluding hydrogens is 406 g/mol. The molecule has 3 aromatic rings. The largest absolute Gasteiger partial charge is 0.493 e. The van der Waals surface area contributed by atoms with Crippen molar-refractivity contribution < 1.29 is 23.8 Å². The van der Waals surface area contributed by atoms with E-state index in [1.165, 1.54) is 19.4 Å². The molecule has 32 heavy (non-hydrogen) atoms. The van der Waals surface area contributed by atoms with Crippen LogP contribution in [0.3, 0.4) is 0 Å². The summed E-state index contributed by atoms with van der Waals surface area (Å²) in [7, 11) is 1.57. The first-order chi connectivity index (χ1) is 15.1. The molecule has 1 heterocycles. The standard InChI is InChI=1S/C26H31NO5/c1-14(2)8-9-19-10-11-22-21(13-19)23-24(27-22)20(12-15(3)31-17(5)28)16(4)25(30-7)26(23)32-18(6)29/h8,10-11,13,15,27H,9,12H2,1-7H3. The maximum Gasteiger partial charge on any atom is 0.308 e. The van der Waals surface area contributed by atoms with Crippen LogP contribution in [0.2, 0.25) is 0 Å². The first-order valence-electron chi connectivity index (χ1n) is 10.7. The molecule has 2 aromatic carbocycles. The van der Waals surface area contributed by atoms with E-state index < -0.39 is 5.97 Å². The number of carbonyl (C=O) groups excluding carboxylic acids is 2. The average Bonchev–Trinajstić information content (AvgIpc) is 3.07. The normalized spacial score (nSPS) is 12.0. The Hall–Kier alpha value is -3.28. The van der Waals surface area contributed by atoms with Gasteiger partial charge in [-0.05, 0) is 57.4 Å². The van der Waals surface area contributed by atoms with Crippen LogP contribution in [0.4, 0.5) is 0 Å². The van der Waals surface area contributed by atoms with Gasteiger partial charge in [-0.25, -0.2) is 0 Å². The number of rotatable bonds is 7. The second-order valence-corrected chi connectivity index (χ2v) is 8.42. The zero-order valence-corrected chi connectivity index (χ0v) is 19.8. The second kappa shape index (κ2) is 9.47. The number of H-pyrrole nitrogens is 1. The zero-order valence-electron chi connectivity index (χ0n) is 19.8. The van der Waals surface area contributed by atoms with Crippen molar-refractivity contribution in [3.8, 4) is 11.5 Å². The Morgan fingerprint density at radius 3 is 2.41 bits per heavy atom. The fourth-order valence-corrected chi connectivity index (χ4v) is 4.11. The number of carbonyl (C=O) groups is 2. The van der Waals surface area contributed by atoms with Gasteiger partial charge in [0.1, 0.15) is 6.10 Å². The number of allylic oxidation sites excluding steroid dienone is 2. The smallest absolute Gasteiger partial charge is 0.308 e.